The molecule has 1 saturated heterocycles. The molecule has 2 heteroatoms. The zero-order chi connectivity index (χ0) is 6.85. The predicted octanol–water partition coefficient (Wildman–Crippen LogP) is 0.553. The maximum Gasteiger partial charge on any atom is 0.0323 e. The molecular formula is C7H14N2. The van der Waals surface area contributed by atoms with Crippen LogP contribution >= 0.6 is 0 Å². The second kappa shape index (κ2) is 2.40. The Morgan fingerprint density at radius 3 is 2.89 bits per heavy atom. The van der Waals surface area contributed by atoms with Crippen LogP contribution in [0.2, 0.25) is 0 Å². The fourth-order valence-electron chi connectivity index (χ4n) is 1.12. The number of likely N-dealkylation sites (N-methyl/N-ethyl adjacent to an activating group) is 1. The summed E-state index contributed by atoms with van der Waals surface area (Å²) in [5.74, 6) is 0. The van der Waals surface area contributed by atoms with Crippen molar-refractivity contribution in [3.63, 3.8) is 0 Å². The van der Waals surface area contributed by atoms with Crippen molar-refractivity contribution < 1.29 is 0 Å². The summed E-state index contributed by atoms with van der Waals surface area (Å²) >= 11 is 0. The summed E-state index contributed by atoms with van der Waals surface area (Å²) in [4.78, 5) is 2.13. The van der Waals surface area contributed by atoms with Crippen LogP contribution in [0.1, 0.15) is 12.8 Å². The zero-order valence-electron chi connectivity index (χ0n) is 5.93. The SMILES string of the molecule is C=C1CC[C@H](N)CN1C. The Labute approximate surface area is 56.3 Å². The van der Waals surface area contributed by atoms with Gasteiger partial charge in [0.25, 0.3) is 0 Å². The van der Waals surface area contributed by atoms with Gasteiger partial charge in [0.2, 0.25) is 0 Å². The lowest BCUT2D eigenvalue weighted by atomic mass is 10.1. The van der Waals surface area contributed by atoms with Crippen LogP contribution in [-0.4, -0.2) is 24.5 Å². The van der Waals surface area contributed by atoms with Crippen molar-refractivity contribution in [3.05, 3.63) is 12.3 Å². The first kappa shape index (κ1) is 6.62. The first-order chi connectivity index (χ1) is 4.20. The minimum absolute atomic E-state index is 0.362. The molecule has 1 heterocycles. The molecule has 2 N–H and O–H groups in total. The van der Waals surface area contributed by atoms with Gasteiger partial charge >= 0.3 is 0 Å². The third-order valence-electron chi connectivity index (χ3n) is 1.85. The van der Waals surface area contributed by atoms with E-state index in [4.69, 9.17) is 5.73 Å². The normalized spacial score (nSPS) is 28.9. The molecule has 1 rings (SSSR count). The van der Waals surface area contributed by atoms with E-state index in [1.165, 1.54) is 5.70 Å². The summed E-state index contributed by atoms with van der Waals surface area (Å²) in [6.07, 6.45) is 2.17. The molecule has 0 saturated carbocycles. The fourth-order valence-corrected chi connectivity index (χ4v) is 1.12. The lowest BCUT2D eigenvalue weighted by Gasteiger charge is -2.30. The van der Waals surface area contributed by atoms with Gasteiger partial charge in [-0.15, -0.1) is 0 Å². The van der Waals surface area contributed by atoms with Crippen molar-refractivity contribution in [2.75, 3.05) is 13.6 Å². The first-order valence-electron chi connectivity index (χ1n) is 3.34. The Hall–Kier alpha value is -0.500. The van der Waals surface area contributed by atoms with E-state index in [-0.39, 0.29) is 0 Å². The molecule has 0 amide bonds. The molecule has 1 atom stereocenters. The molecule has 0 aliphatic carbocycles. The highest BCUT2D eigenvalue weighted by Gasteiger charge is 2.14. The highest BCUT2D eigenvalue weighted by Crippen LogP contribution is 2.14. The van der Waals surface area contributed by atoms with Gasteiger partial charge in [-0.3, -0.25) is 0 Å². The molecular weight excluding hydrogens is 112 g/mol. The average molecular weight is 126 g/mol. The summed E-state index contributed by atoms with van der Waals surface area (Å²) in [5, 5.41) is 0. The van der Waals surface area contributed by atoms with Crippen LogP contribution in [0.3, 0.4) is 0 Å². The molecule has 1 aliphatic heterocycles. The third kappa shape index (κ3) is 1.45. The fraction of sp³-hybridized carbons (Fsp3) is 0.714. The van der Waals surface area contributed by atoms with Gasteiger partial charge in [0.1, 0.15) is 0 Å². The largest absolute Gasteiger partial charge is 0.377 e. The smallest absolute Gasteiger partial charge is 0.0323 e. The van der Waals surface area contributed by atoms with Gasteiger partial charge in [0, 0.05) is 25.3 Å². The first-order valence-corrected chi connectivity index (χ1v) is 3.34. The molecule has 1 aliphatic rings. The van der Waals surface area contributed by atoms with Crippen LogP contribution in [0.4, 0.5) is 0 Å². The number of rotatable bonds is 0. The number of hydrogen-bond acceptors (Lipinski definition) is 2. The van der Waals surface area contributed by atoms with E-state index in [0.29, 0.717) is 6.04 Å². The highest BCUT2D eigenvalue weighted by atomic mass is 15.1. The Bertz CT molecular complexity index is 120. The Morgan fingerprint density at radius 1 is 1.78 bits per heavy atom. The summed E-state index contributed by atoms with van der Waals surface area (Å²) in [6, 6.07) is 0.362. The summed E-state index contributed by atoms with van der Waals surface area (Å²) in [7, 11) is 2.04. The third-order valence-corrected chi connectivity index (χ3v) is 1.85. The Morgan fingerprint density at radius 2 is 2.44 bits per heavy atom. The Kier molecular flexibility index (Phi) is 1.76. The van der Waals surface area contributed by atoms with Gasteiger partial charge in [-0.2, -0.15) is 0 Å². The van der Waals surface area contributed by atoms with Crippen LogP contribution in [0.25, 0.3) is 0 Å². The van der Waals surface area contributed by atoms with E-state index in [0.717, 1.165) is 19.4 Å². The molecule has 0 aromatic heterocycles. The molecule has 0 bridgehead atoms. The van der Waals surface area contributed by atoms with Gasteiger partial charge in [0.15, 0.2) is 0 Å². The molecule has 0 aromatic rings. The van der Waals surface area contributed by atoms with Gasteiger partial charge < -0.3 is 10.6 Å². The minimum atomic E-state index is 0.362. The van der Waals surface area contributed by atoms with Crippen LogP contribution in [-0.2, 0) is 0 Å². The van der Waals surface area contributed by atoms with E-state index in [2.05, 4.69) is 11.5 Å². The molecule has 9 heavy (non-hydrogen) atoms. The van der Waals surface area contributed by atoms with Crippen molar-refractivity contribution in [3.8, 4) is 0 Å². The van der Waals surface area contributed by atoms with Crippen molar-refractivity contribution >= 4 is 0 Å². The molecule has 0 spiro atoms. The number of likely N-dealkylation sites (tertiary alicyclic amines) is 1. The maximum atomic E-state index is 5.70. The van der Waals surface area contributed by atoms with Gasteiger partial charge in [-0.05, 0) is 12.8 Å². The average Bonchev–Trinajstić information content (AvgIpc) is 1.80. The predicted molar refractivity (Wildman–Crippen MR) is 39.0 cm³/mol. The van der Waals surface area contributed by atoms with Crippen molar-refractivity contribution in [1.29, 1.82) is 0 Å². The van der Waals surface area contributed by atoms with Gasteiger partial charge in [-0.25, -0.2) is 0 Å². The van der Waals surface area contributed by atoms with Crippen molar-refractivity contribution in [2.45, 2.75) is 18.9 Å². The number of nitrogens with two attached hydrogens (primary N) is 1. The number of nitrogens with zero attached hydrogens (tertiary/aromatic N) is 1. The summed E-state index contributed by atoms with van der Waals surface area (Å²) in [5.41, 5.74) is 6.92. The molecule has 0 radical (unpaired) electrons. The van der Waals surface area contributed by atoms with Crippen LogP contribution < -0.4 is 5.73 Å². The summed E-state index contributed by atoms with van der Waals surface area (Å²) < 4.78 is 0. The number of hydrogen-bond donors (Lipinski definition) is 1. The monoisotopic (exact) mass is 126 g/mol. The van der Waals surface area contributed by atoms with E-state index >= 15 is 0 Å². The molecule has 52 valence electrons. The lowest BCUT2D eigenvalue weighted by molar-refractivity contribution is 0.315. The second-order valence-corrected chi connectivity index (χ2v) is 2.75. The molecule has 1 fully saturated rings. The second-order valence-electron chi connectivity index (χ2n) is 2.75. The van der Waals surface area contributed by atoms with Crippen LogP contribution in [0, 0.1) is 0 Å². The summed E-state index contributed by atoms with van der Waals surface area (Å²) in [6.45, 7) is 4.87. The topological polar surface area (TPSA) is 29.3 Å². The molecule has 0 unspecified atom stereocenters. The van der Waals surface area contributed by atoms with E-state index in [1.807, 2.05) is 7.05 Å². The number of piperidine rings is 1. The van der Waals surface area contributed by atoms with Crippen molar-refractivity contribution in [1.82, 2.24) is 4.90 Å². The minimum Gasteiger partial charge on any atom is -0.377 e. The standard InChI is InChI=1S/C7H14N2/c1-6-3-4-7(8)5-9(6)2/h7H,1,3-5,8H2,2H3/t7-/m0/s1. The number of allylic oxidation sites excluding steroid dienone is 1. The Balaban J connectivity index is 2.44. The molecule has 0 aromatic carbocycles. The van der Waals surface area contributed by atoms with Crippen molar-refractivity contribution in [2.24, 2.45) is 5.73 Å². The quantitative estimate of drug-likeness (QED) is 0.513. The van der Waals surface area contributed by atoms with E-state index in [1.54, 1.807) is 0 Å². The maximum absolute atomic E-state index is 5.70. The molecule has 2 nitrogen and oxygen atoms in total. The van der Waals surface area contributed by atoms with E-state index < -0.39 is 0 Å². The van der Waals surface area contributed by atoms with Gasteiger partial charge in [-0.1, -0.05) is 6.58 Å². The highest BCUT2D eigenvalue weighted by molar-refractivity contribution is 4.98. The van der Waals surface area contributed by atoms with Gasteiger partial charge in [0.05, 0.1) is 0 Å². The lowest BCUT2D eigenvalue weighted by Crippen LogP contribution is -2.38. The van der Waals surface area contributed by atoms with Crippen LogP contribution in [0.5, 0.6) is 0 Å². The van der Waals surface area contributed by atoms with Crippen LogP contribution in [0.15, 0.2) is 12.3 Å². The zero-order valence-corrected chi connectivity index (χ0v) is 5.93. The van der Waals surface area contributed by atoms with E-state index in [9.17, 15) is 0 Å².